The second-order valence-electron chi connectivity index (χ2n) is 14.1. The average molecular weight is 520 g/mol. The highest BCUT2D eigenvalue weighted by Gasteiger charge is 2.25. The Kier molecular flexibility index (Phi) is 7.79. The standard InChI is InChI=1S/C19H23NOS.C14H22O/c1-18(2,3)12-10-13(19(4,5)6)16-14(11-12)20-17(21-16)15-8-7-9-22-15;1-13(2,3)10-7-11(14(4,5)6)9-12(15)8-10/h7-11H,1-6H3;7-9,15H,1-6H3. The van der Waals surface area contributed by atoms with Gasteiger partial charge < -0.3 is 9.52 Å². The molecule has 0 saturated heterocycles. The van der Waals surface area contributed by atoms with E-state index in [0.29, 0.717) is 5.75 Å². The van der Waals surface area contributed by atoms with Crippen LogP contribution in [0.2, 0.25) is 0 Å². The molecule has 2 aromatic carbocycles. The fourth-order valence-corrected chi connectivity index (χ4v) is 4.65. The number of oxazole rings is 1. The summed E-state index contributed by atoms with van der Waals surface area (Å²) in [6.07, 6.45) is 0. The van der Waals surface area contributed by atoms with Crippen LogP contribution in [0, 0.1) is 0 Å². The van der Waals surface area contributed by atoms with Gasteiger partial charge in [0.05, 0.1) is 4.88 Å². The van der Waals surface area contributed by atoms with E-state index < -0.39 is 0 Å². The number of phenolic OH excluding ortho intramolecular Hbond substituents is 1. The molecule has 0 spiro atoms. The molecular weight excluding hydrogens is 474 g/mol. The largest absolute Gasteiger partial charge is 0.508 e. The first-order valence-corrected chi connectivity index (χ1v) is 14.0. The molecule has 2 heterocycles. The van der Waals surface area contributed by atoms with Crippen molar-refractivity contribution in [1.82, 2.24) is 4.98 Å². The number of fused-ring (bicyclic) bond motifs is 1. The van der Waals surface area contributed by atoms with Crippen LogP contribution in [-0.2, 0) is 21.7 Å². The number of thiophene rings is 1. The molecule has 0 fully saturated rings. The number of benzene rings is 2. The molecule has 0 aliphatic heterocycles. The number of rotatable bonds is 1. The maximum Gasteiger partial charge on any atom is 0.237 e. The van der Waals surface area contributed by atoms with Crippen molar-refractivity contribution in [2.75, 3.05) is 0 Å². The average Bonchev–Trinajstić information content (AvgIpc) is 3.40. The zero-order valence-corrected chi connectivity index (χ0v) is 25.6. The normalized spacial score (nSPS) is 13.0. The minimum Gasteiger partial charge on any atom is -0.508 e. The predicted octanol–water partition coefficient (Wildman–Crippen LogP) is 10.1. The van der Waals surface area contributed by atoms with Gasteiger partial charge in [-0.25, -0.2) is 4.98 Å². The maximum atomic E-state index is 9.72. The number of hydrogen-bond donors (Lipinski definition) is 1. The Bertz CT molecular complexity index is 1320. The SMILES string of the molecule is CC(C)(C)c1cc(C(C)(C)C)c2oc(-c3cccs3)nc2c1.CC(C)(C)c1cc(O)cc(C(C)(C)C)c1. The lowest BCUT2D eigenvalue weighted by Gasteiger charge is -2.25. The fraction of sp³-hybridized carbons (Fsp3) is 0.485. The number of aromatic nitrogens is 1. The van der Waals surface area contributed by atoms with Crippen LogP contribution in [0.1, 0.15) is 105 Å². The van der Waals surface area contributed by atoms with E-state index in [0.717, 1.165) is 21.9 Å². The first-order valence-electron chi connectivity index (χ1n) is 13.1. The Morgan fingerprint density at radius 1 is 0.676 bits per heavy atom. The van der Waals surface area contributed by atoms with Gasteiger partial charge in [0.25, 0.3) is 0 Å². The number of nitrogens with zero attached hydrogens (tertiary/aromatic N) is 1. The summed E-state index contributed by atoms with van der Waals surface area (Å²) >= 11 is 1.66. The molecule has 0 atom stereocenters. The molecule has 37 heavy (non-hydrogen) atoms. The van der Waals surface area contributed by atoms with Crippen molar-refractivity contribution in [2.24, 2.45) is 0 Å². The van der Waals surface area contributed by atoms with E-state index in [9.17, 15) is 5.11 Å². The molecule has 0 radical (unpaired) electrons. The summed E-state index contributed by atoms with van der Waals surface area (Å²) < 4.78 is 6.14. The van der Waals surface area contributed by atoms with Gasteiger partial charge in [0.15, 0.2) is 5.58 Å². The van der Waals surface area contributed by atoms with Crippen molar-refractivity contribution in [3.63, 3.8) is 0 Å². The van der Waals surface area contributed by atoms with Gasteiger partial charge in [0.1, 0.15) is 11.3 Å². The minimum absolute atomic E-state index is 0.0196. The molecule has 0 bridgehead atoms. The maximum absolute atomic E-state index is 9.72. The first-order chi connectivity index (χ1) is 16.8. The Morgan fingerprint density at radius 3 is 1.62 bits per heavy atom. The molecule has 0 amide bonds. The van der Waals surface area contributed by atoms with Gasteiger partial charge in [-0.05, 0) is 68.0 Å². The number of hydrogen-bond acceptors (Lipinski definition) is 4. The molecule has 200 valence electrons. The Balaban J connectivity index is 0.000000222. The molecular formula is C33H45NO2S. The van der Waals surface area contributed by atoms with Crippen LogP contribution in [-0.4, -0.2) is 10.1 Å². The molecule has 4 rings (SSSR count). The van der Waals surface area contributed by atoms with Crippen LogP contribution in [0.15, 0.2) is 52.3 Å². The van der Waals surface area contributed by atoms with E-state index in [2.05, 4.69) is 113 Å². The highest BCUT2D eigenvalue weighted by atomic mass is 32.1. The molecule has 0 unspecified atom stereocenters. The van der Waals surface area contributed by atoms with Gasteiger partial charge in [-0.1, -0.05) is 101 Å². The van der Waals surface area contributed by atoms with Crippen molar-refractivity contribution < 1.29 is 9.52 Å². The molecule has 0 aliphatic rings. The predicted molar refractivity (Wildman–Crippen MR) is 160 cm³/mol. The van der Waals surface area contributed by atoms with Crippen molar-refractivity contribution >= 4 is 22.4 Å². The van der Waals surface area contributed by atoms with Crippen LogP contribution in [0.4, 0.5) is 0 Å². The Labute approximate surface area is 228 Å². The van der Waals surface area contributed by atoms with Crippen LogP contribution in [0.25, 0.3) is 21.9 Å². The lowest BCUT2D eigenvalue weighted by Crippen LogP contribution is -2.16. The molecule has 2 aromatic heterocycles. The van der Waals surface area contributed by atoms with E-state index in [-0.39, 0.29) is 21.7 Å². The second kappa shape index (κ2) is 9.94. The van der Waals surface area contributed by atoms with E-state index in [4.69, 9.17) is 9.40 Å². The van der Waals surface area contributed by atoms with Gasteiger partial charge in [-0.2, -0.15) is 0 Å². The van der Waals surface area contributed by atoms with Crippen molar-refractivity contribution in [3.8, 4) is 16.5 Å². The minimum atomic E-state index is 0.0196. The zero-order chi connectivity index (χ0) is 28.0. The van der Waals surface area contributed by atoms with Crippen LogP contribution in [0.5, 0.6) is 5.75 Å². The van der Waals surface area contributed by atoms with E-state index in [1.807, 2.05) is 18.2 Å². The lowest BCUT2D eigenvalue weighted by atomic mass is 9.80. The van der Waals surface area contributed by atoms with Crippen molar-refractivity contribution in [3.05, 3.63) is 70.1 Å². The lowest BCUT2D eigenvalue weighted by molar-refractivity contribution is 0.466. The summed E-state index contributed by atoms with van der Waals surface area (Å²) in [7, 11) is 0. The molecule has 1 N–H and O–H groups in total. The zero-order valence-electron chi connectivity index (χ0n) is 24.8. The van der Waals surface area contributed by atoms with Gasteiger partial charge in [0.2, 0.25) is 5.89 Å². The van der Waals surface area contributed by atoms with Crippen molar-refractivity contribution in [2.45, 2.75) is 105 Å². The summed E-state index contributed by atoms with van der Waals surface area (Å²) in [5.74, 6) is 1.09. The highest BCUT2D eigenvalue weighted by molar-refractivity contribution is 7.13. The van der Waals surface area contributed by atoms with E-state index in [1.165, 1.54) is 22.3 Å². The highest BCUT2D eigenvalue weighted by Crippen LogP contribution is 2.38. The third kappa shape index (κ3) is 7.04. The Morgan fingerprint density at radius 2 is 1.19 bits per heavy atom. The quantitative estimate of drug-likeness (QED) is 0.272. The molecule has 0 aliphatic carbocycles. The summed E-state index contributed by atoms with van der Waals surface area (Å²) in [6.45, 7) is 26.3. The first kappa shape index (κ1) is 29.0. The van der Waals surface area contributed by atoms with Crippen LogP contribution >= 0.6 is 11.3 Å². The van der Waals surface area contributed by atoms with Gasteiger partial charge in [-0.3, -0.25) is 0 Å². The van der Waals surface area contributed by atoms with Crippen LogP contribution < -0.4 is 0 Å². The van der Waals surface area contributed by atoms with Gasteiger partial charge in [0, 0.05) is 5.56 Å². The fourth-order valence-electron chi connectivity index (χ4n) is 4.01. The molecule has 3 nitrogen and oxygen atoms in total. The smallest absolute Gasteiger partial charge is 0.237 e. The number of aromatic hydroxyl groups is 1. The molecule has 4 heteroatoms. The summed E-state index contributed by atoms with van der Waals surface area (Å²) in [4.78, 5) is 5.82. The third-order valence-electron chi connectivity index (χ3n) is 6.55. The number of phenols is 1. The second-order valence-corrected chi connectivity index (χ2v) is 15.1. The molecule has 4 aromatic rings. The Hall–Kier alpha value is -2.59. The van der Waals surface area contributed by atoms with Gasteiger partial charge in [-0.15, -0.1) is 11.3 Å². The summed E-state index contributed by atoms with van der Waals surface area (Å²) in [6, 6.07) is 14.4. The van der Waals surface area contributed by atoms with Crippen molar-refractivity contribution in [1.29, 1.82) is 0 Å². The topological polar surface area (TPSA) is 46.3 Å². The van der Waals surface area contributed by atoms with E-state index >= 15 is 0 Å². The van der Waals surface area contributed by atoms with E-state index in [1.54, 1.807) is 11.3 Å². The third-order valence-corrected chi connectivity index (χ3v) is 7.40. The summed E-state index contributed by atoms with van der Waals surface area (Å²) in [5, 5.41) is 11.8. The van der Waals surface area contributed by atoms with Gasteiger partial charge >= 0.3 is 0 Å². The monoisotopic (exact) mass is 519 g/mol. The summed E-state index contributed by atoms with van der Waals surface area (Å²) in [5.41, 5.74) is 7.06. The molecule has 0 saturated carbocycles. The van der Waals surface area contributed by atoms with Crippen LogP contribution in [0.3, 0.4) is 0 Å².